The molecule has 128 valence electrons. The molecule has 0 aliphatic rings. The Hall–Kier alpha value is -1.96. The van der Waals surface area contributed by atoms with E-state index >= 15 is 0 Å². The summed E-state index contributed by atoms with van der Waals surface area (Å²) in [6, 6.07) is -0.994. The van der Waals surface area contributed by atoms with Crippen molar-refractivity contribution in [2.45, 2.75) is 40.2 Å². The third kappa shape index (κ3) is 5.97. The molecule has 1 unspecified atom stereocenters. The maximum absolute atomic E-state index is 12.6. The molecule has 1 rings (SSSR count). The largest absolute Gasteiger partial charge is 0.480 e. The van der Waals surface area contributed by atoms with Gasteiger partial charge in [0.15, 0.2) is 0 Å². The van der Waals surface area contributed by atoms with E-state index in [9.17, 15) is 19.5 Å². The van der Waals surface area contributed by atoms with Crippen LogP contribution in [-0.2, 0) is 16.0 Å². The number of nitrogens with zero attached hydrogens (tertiary/aromatic N) is 2. The van der Waals surface area contributed by atoms with Crippen LogP contribution in [0.5, 0.6) is 0 Å². The molecular weight excluding hydrogens is 318 g/mol. The van der Waals surface area contributed by atoms with Gasteiger partial charge in [-0.2, -0.15) is 0 Å². The van der Waals surface area contributed by atoms with Crippen LogP contribution < -0.4 is 5.32 Å². The molecule has 0 radical (unpaired) electrons. The lowest BCUT2D eigenvalue weighted by Gasteiger charge is -2.25. The lowest BCUT2D eigenvalue weighted by molar-refractivity contribution is -0.141. The highest BCUT2D eigenvalue weighted by molar-refractivity contribution is 7.09. The van der Waals surface area contributed by atoms with Gasteiger partial charge < -0.3 is 15.3 Å². The maximum atomic E-state index is 12.6. The zero-order valence-corrected chi connectivity index (χ0v) is 14.6. The Balaban J connectivity index is 2.87. The maximum Gasteiger partial charge on any atom is 0.326 e. The van der Waals surface area contributed by atoms with Gasteiger partial charge in [-0.25, -0.2) is 9.78 Å². The summed E-state index contributed by atoms with van der Waals surface area (Å²) in [6.07, 6.45) is 0.776. The molecule has 1 heterocycles. The van der Waals surface area contributed by atoms with Gasteiger partial charge in [-0.05, 0) is 12.8 Å². The summed E-state index contributed by atoms with van der Waals surface area (Å²) >= 11 is 1.40. The van der Waals surface area contributed by atoms with E-state index in [-0.39, 0.29) is 24.7 Å². The quantitative estimate of drug-likeness (QED) is 0.744. The summed E-state index contributed by atoms with van der Waals surface area (Å²) in [4.78, 5) is 40.2. The van der Waals surface area contributed by atoms with Crippen molar-refractivity contribution < 1.29 is 19.5 Å². The van der Waals surface area contributed by atoms with E-state index in [4.69, 9.17) is 0 Å². The first kappa shape index (κ1) is 19.1. The van der Waals surface area contributed by atoms with Gasteiger partial charge in [0.25, 0.3) is 5.91 Å². The van der Waals surface area contributed by atoms with Crippen molar-refractivity contribution in [2.75, 3.05) is 13.1 Å². The van der Waals surface area contributed by atoms with Crippen molar-refractivity contribution in [3.05, 3.63) is 16.1 Å². The molecule has 0 spiro atoms. The number of aliphatic carboxylic acids is 1. The SMILES string of the molecule is CC(=O)NCCN(C(=O)c1csc(CC(C)C)n1)C(C)C(=O)O. The normalized spacial score (nSPS) is 12.0. The highest BCUT2D eigenvalue weighted by Crippen LogP contribution is 2.16. The topological polar surface area (TPSA) is 99.6 Å². The van der Waals surface area contributed by atoms with Crippen molar-refractivity contribution in [2.24, 2.45) is 5.92 Å². The molecular formula is C15H23N3O4S. The lowest BCUT2D eigenvalue weighted by atomic mass is 10.1. The number of carboxylic acid groups (broad SMARTS) is 1. The first-order valence-electron chi connectivity index (χ1n) is 7.45. The van der Waals surface area contributed by atoms with E-state index in [1.807, 2.05) is 0 Å². The number of rotatable bonds is 8. The average molecular weight is 341 g/mol. The van der Waals surface area contributed by atoms with Gasteiger partial charge in [-0.3, -0.25) is 9.59 Å². The zero-order chi connectivity index (χ0) is 17.6. The van der Waals surface area contributed by atoms with Gasteiger partial charge in [0.2, 0.25) is 5.91 Å². The van der Waals surface area contributed by atoms with Gasteiger partial charge in [0.05, 0.1) is 5.01 Å². The van der Waals surface area contributed by atoms with Gasteiger partial charge in [-0.1, -0.05) is 13.8 Å². The molecule has 1 aromatic heterocycles. The fourth-order valence-electron chi connectivity index (χ4n) is 1.96. The molecule has 0 aliphatic carbocycles. The van der Waals surface area contributed by atoms with Crippen LogP contribution in [-0.4, -0.2) is 51.9 Å². The smallest absolute Gasteiger partial charge is 0.326 e. The molecule has 0 bridgehead atoms. The van der Waals surface area contributed by atoms with Gasteiger partial charge in [0.1, 0.15) is 11.7 Å². The number of carbonyl (C=O) groups is 3. The average Bonchev–Trinajstić information content (AvgIpc) is 2.89. The number of carboxylic acids is 1. The summed E-state index contributed by atoms with van der Waals surface area (Å²) in [5, 5.41) is 14.3. The molecule has 0 aliphatic heterocycles. The predicted molar refractivity (Wildman–Crippen MR) is 87.5 cm³/mol. The van der Waals surface area contributed by atoms with Crippen LogP contribution in [0.25, 0.3) is 0 Å². The van der Waals surface area contributed by atoms with Gasteiger partial charge >= 0.3 is 5.97 Å². The second-order valence-corrected chi connectivity index (χ2v) is 6.66. The first-order valence-corrected chi connectivity index (χ1v) is 8.33. The van der Waals surface area contributed by atoms with Crippen LogP contribution in [0.1, 0.15) is 43.2 Å². The number of nitrogens with one attached hydrogen (secondary N) is 1. The van der Waals surface area contributed by atoms with Crippen molar-refractivity contribution in [1.29, 1.82) is 0 Å². The van der Waals surface area contributed by atoms with Crippen LogP contribution in [0.15, 0.2) is 5.38 Å². The van der Waals surface area contributed by atoms with E-state index in [0.29, 0.717) is 5.92 Å². The number of hydrogen-bond acceptors (Lipinski definition) is 5. The molecule has 23 heavy (non-hydrogen) atoms. The molecule has 0 aromatic carbocycles. The van der Waals surface area contributed by atoms with Crippen molar-refractivity contribution in [1.82, 2.24) is 15.2 Å². The molecule has 2 amide bonds. The molecule has 0 fully saturated rings. The molecule has 0 saturated carbocycles. The minimum absolute atomic E-state index is 0.114. The Morgan fingerprint density at radius 3 is 2.52 bits per heavy atom. The second kappa shape index (κ2) is 8.61. The van der Waals surface area contributed by atoms with E-state index in [1.165, 1.54) is 30.1 Å². The van der Waals surface area contributed by atoms with Crippen LogP contribution in [0, 0.1) is 5.92 Å². The Morgan fingerprint density at radius 2 is 2.00 bits per heavy atom. The summed E-state index contributed by atoms with van der Waals surface area (Å²) in [5.74, 6) is -1.33. The fourth-order valence-corrected chi connectivity index (χ4v) is 2.94. The van der Waals surface area contributed by atoms with Crippen molar-refractivity contribution in [3.63, 3.8) is 0 Å². The van der Waals surface area contributed by atoms with Crippen LogP contribution >= 0.6 is 11.3 Å². The van der Waals surface area contributed by atoms with Crippen molar-refractivity contribution in [3.8, 4) is 0 Å². The highest BCUT2D eigenvalue weighted by atomic mass is 32.1. The molecule has 1 atom stereocenters. The second-order valence-electron chi connectivity index (χ2n) is 5.72. The van der Waals surface area contributed by atoms with Gasteiger partial charge in [0, 0.05) is 31.8 Å². The molecule has 0 saturated heterocycles. The summed E-state index contributed by atoms with van der Waals surface area (Å²) in [7, 11) is 0. The highest BCUT2D eigenvalue weighted by Gasteiger charge is 2.27. The number of amides is 2. The Morgan fingerprint density at radius 1 is 1.35 bits per heavy atom. The predicted octanol–water partition coefficient (Wildman–Crippen LogP) is 1.39. The third-order valence-electron chi connectivity index (χ3n) is 3.17. The Labute approximate surface area is 139 Å². The number of aromatic nitrogens is 1. The zero-order valence-electron chi connectivity index (χ0n) is 13.8. The van der Waals surface area contributed by atoms with E-state index < -0.39 is 17.9 Å². The first-order chi connectivity index (χ1) is 10.7. The number of carbonyl (C=O) groups excluding carboxylic acids is 2. The monoisotopic (exact) mass is 341 g/mol. The molecule has 8 heteroatoms. The number of thiazole rings is 1. The van der Waals surface area contributed by atoms with Crippen molar-refractivity contribution >= 4 is 29.1 Å². The van der Waals surface area contributed by atoms with E-state index in [1.54, 1.807) is 5.38 Å². The summed E-state index contributed by atoms with van der Waals surface area (Å²) < 4.78 is 0. The minimum Gasteiger partial charge on any atom is -0.480 e. The summed E-state index contributed by atoms with van der Waals surface area (Å²) in [6.45, 7) is 7.25. The Kier molecular flexibility index (Phi) is 7.15. The van der Waals surface area contributed by atoms with Crippen LogP contribution in [0.4, 0.5) is 0 Å². The molecule has 2 N–H and O–H groups in total. The third-order valence-corrected chi connectivity index (χ3v) is 4.04. The van der Waals surface area contributed by atoms with Gasteiger partial charge in [-0.15, -0.1) is 11.3 Å². The molecule has 7 nitrogen and oxygen atoms in total. The minimum atomic E-state index is -1.10. The standard InChI is InChI=1S/C15H23N3O4S/c1-9(2)7-13-17-12(8-23-13)14(20)18(10(3)15(21)22)6-5-16-11(4)19/h8-10H,5-7H2,1-4H3,(H,16,19)(H,21,22). The Bertz CT molecular complexity index is 571. The summed E-state index contributed by atoms with van der Waals surface area (Å²) in [5.41, 5.74) is 0.251. The van der Waals surface area contributed by atoms with E-state index in [0.717, 1.165) is 11.4 Å². The number of hydrogen-bond donors (Lipinski definition) is 2. The van der Waals surface area contributed by atoms with Crippen LogP contribution in [0.2, 0.25) is 0 Å². The van der Waals surface area contributed by atoms with Crippen LogP contribution in [0.3, 0.4) is 0 Å². The lowest BCUT2D eigenvalue weighted by Crippen LogP contribution is -2.46. The van der Waals surface area contributed by atoms with E-state index in [2.05, 4.69) is 24.1 Å². The molecule has 1 aromatic rings. The fraction of sp³-hybridized carbons (Fsp3) is 0.600.